The number of sulfonamides is 1. The highest BCUT2D eigenvalue weighted by Gasteiger charge is 2.26. The Morgan fingerprint density at radius 3 is 2.56 bits per heavy atom. The lowest BCUT2D eigenvalue weighted by Gasteiger charge is -2.20. The van der Waals surface area contributed by atoms with E-state index in [4.69, 9.17) is 0 Å². The Hall–Kier alpha value is -0.820. The van der Waals surface area contributed by atoms with Crippen molar-refractivity contribution in [1.29, 1.82) is 0 Å². The Morgan fingerprint density at radius 2 is 1.94 bits per heavy atom. The van der Waals surface area contributed by atoms with Gasteiger partial charge in [0.2, 0.25) is 10.0 Å². The van der Waals surface area contributed by atoms with E-state index in [0.717, 1.165) is 6.42 Å². The molecule has 0 atom stereocenters. The summed E-state index contributed by atoms with van der Waals surface area (Å²) in [6.45, 7) is 3.77. The maximum absolute atomic E-state index is 12.0. The molecule has 18 heavy (non-hydrogen) atoms. The Labute approximate surface area is 109 Å². The molecule has 6 nitrogen and oxygen atoms in total. The zero-order chi connectivity index (χ0) is 13.6. The van der Waals surface area contributed by atoms with Crippen molar-refractivity contribution in [1.82, 2.24) is 9.21 Å². The molecule has 0 unspecified atom stereocenters. The lowest BCUT2D eigenvalue weighted by molar-refractivity contribution is 0.126. The molecule has 1 rings (SSSR count). The van der Waals surface area contributed by atoms with Gasteiger partial charge < -0.3 is 9.64 Å². The molecule has 0 radical (unpaired) electrons. The molecule has 0 aromatic heterocycles. The highest BCUT2D eigenvalue weighted by molar-refractivity contribution is 7.89. The molecule has 0 aromatic carbocycles. The predicted octanol–water partition coefficient (Wildman–Crippen LogP) is 0.890. The molecule has 0 spiro atoms. The Morgan fingerprint density at radius 1 is 1.22 bits per heavy atom. The van der Waals surface area contributed by atoms with Crippen LogP contribution in [0.4, 0.5) is 4.79 Å². The van der Waals surface area contributed by atoms with E-state index >= 15 is 0 Å². The number of ether oxygens (including phenoxy) is 1. The maximum Gasteiger partial charge on any atom is 0.409 e. The molecule has 1 heterocycles. The zero-order valence-corrected chi connectivity index (χ0v) is 11.9. The van der Waals surface area contributed by atoms with Crippen LogP contribution in [0.1, 0.15) is 26.2 Å². The van der Waals surface area contributed by atoms with Crippen LogP contribution in [0.5, 0.6) is 0 Å². The fourth-order valence-corrected chi connectivity index (χ4v) is 3.62. The van der Waals surface area contributed by atoms with Gasteiger partial charge in [-0.15, -0.1) is 0 Å². The van der Waals surface area contributed by atoms with Crippen molar-refractivity contribution in [3.8, 4) is 0 Å². The quantitative estimate of drug-likeness (QED) is 0.766. The van der Waals surface area contributed by atoms with Crippen LogP contribution in [0.25, 0.3) is 0 Å². The second-order valence-corrected chi connectivity index (χ2v) is 6.47. The highest BCUT2D eigenvalue weighted by atomic mass is 32.2. The van der Waals surface area contributed by atoms with Gasteiger partial charge in [-0.2, -0.15) is 0 Å². The summed E-state index contributed by atoms with van der Waals surface area (Å²) in [5.74, 6) is 0.196. The molecular weight excluding hydrogens is 256 g/mol. The van der Waals surface area contributed by atoms with Gasteiger partial charge in [0.1, 0.15) is 0 Å². The van der Waals surface area contributed by atoms with E-state index in [1.165, 1.54) is 11.4 Å². The van der Waals surface area contributed by atoms with Crippen LogP contribution in [0.15, 0.2) is 0 Å². The first kappa shape index (κ1) is 15.2. The van der Waals surface area contributed by atoms with Gasteiger partial charge in [-0.05, 0) is 12.8 Å². The minimum atomic E-state index is -3.17. The molecule has 1 aliphatic heterocycles. The predicted molar refractivity (Wildman–Crippen MR) is 68.9 cm³/mol. The van der Waals surface area contributed by atoms with Crippen molar-refractivity contribution in [3.05, 3.63) is 0 Å². The Kier molecular flexibility index (Phi) is 5.87. The van der Waals surface area contributed by atoms with Crippen LogP contribution in [-0.4, -0.2) is 62.8 Å². The van der Waals surface area contributed by atoms with Crippen LogP contribution in [0.2, 0.25) is 0 Å². The first-order chi connectivity index (χ1) is 8.51. The van der Waals surface area contributed by atoms with Crippen LogP contribution in [0.3, 0.4) is 0 Å². The number of hydrogen-bond acceptors (Lipinski definition) is 4. The largest absolute Gasteiger partial charge is 0.453 e. The van der Waals surface area contributed by atoms with E-state index in [1.54, 1.807) is 4.90 Å². The van der Waals surface area contributed by atoms with Crippen molar-refractivity contribution >= 4 is 16.1 Å². The van der Waals surface area contributed by atoms with Crippen molar-refractivity contribution in [3.63, 3.8) is 0 Å². The number of hydrogen-bond donors (Lipinski definition) is 0. The van der Waals surface area contributed by atoms with Gasteiger partial charge in [0.05, 0.1) is 12.9 Å². The number of rotatable bonds is 4. The van der Waals surface area contributed by atoms with Crippen LogP contribution in [-0.2, 0) is 14.8 Å². The molecule has 0 N–H and O–H groups in total. The van der Waals surface area contributed by atoms with Crippen molar-refractivity contribution in [2.75, 3.05) is 39.0 Å². The zero-order valence-electron chi connectivity index (χ0n) is 11.1. The highest BCUT2D eigenvalue weighted by Crippen LogP contribution is 2.11. The van der Waals surface area contributed by atoms with Crippen molar-refractivity contribution < 1.29 is 17.9 Å². The minimum Gasteiger partial charge on any atom is -0.453 e. The van der Waals surface area contributed by atoms with Crippen molar-refractivity contribution in [2.24, 2.45) is 0 Å². The third kappa shape index (κ3) is 4.13. The molecule has 0 aliphatic carbocycles. The lowest BCUT2D eigenvalue weighted by atomic mass is 10.4. The Balaban J connectivity index is 2.58. The monoisotopic (exact) mass is 278 g/mol. The number of nitrogens with zero attached hydrogens (tertiary/aromatic N) is 2. The number of unbranched alkanes of at least 4 members (excludes halogenated alkanes) is 1. The summed E-state index contributed by atoms with van der Waals surface area (Å²) >= 11 is 0. The molecule has 1 amide bonds. The molecular formula is C11H22N2O4S. The summed E-state index contributed by atoms with van der Waals surface area (Å²) in [5.41, 5.74) is 0. The first-order valence-electron chi connectivity index (χ1n) is 6.32. The van der Waals surface area contributed by atoms with E-state index < -0.39 is 10.0 Å². The summed E-state index contributed by atoms with van der Waals surface area (Å²) in [5, 5.41) is 0. The van der Waals surface area contributed by atoms with E-state index in [1.807, 2.05) is 6.92 Å². The lowest BCUT2D eigenvalue weighted by Crippen LogP contribution is -2.38. The minimum absolute atomic E-state index is 0.196. The van der Waals surface area contributed by atoms with Gasteiger partial charge >= 0.3 is 6.09 Å². The second-order valence-electron chi connectivity index (χ2n) is 4.38. The normalized spacial score (nSPS) is 18.4. The van der Waals surface area contributed by atoms with E-state index in [2.05, 4.69) is 4.74 Å². The van der Waals surface area contributed by atoms with Crippen LogP contribution >= 0.6 is 0 Å². The van der Waals surface area contributed by atoms with E-state index in [0.29, 0.717) is 39.0 Å². The van der Waals surface area contributed by atoms with Gasteiger partial charge in [-0.1, -0.05) is 13.3 Å². The SMILES string of the molecule is CCCCS(=O)(=O)N1CCCN(C(=O)OC)CC1. The molecule has 0 saturated carbocycles. The van der Waals surface area contributed by atoms with Gasteiger partial charge in [0, 0.05) is 26.2 Å². The summed E-state index contributed by atoms with van der Waals surface area (Å²) in [6, 6.07) is 0. The fourth-order valence-electron chi connectivity index (χ4n) is 1.94. The fraction of sp³-hybridized carbons (Fsp3) is 0.909. The van der Waals surface area contributed by atoms with Gasteiger partial charge in [0.15, 0.2) is 0 Å². The topological polar surface area (TPSA) is 66.9 Å². The number of methoxy groups -OCH3 is 1. The number of carbonyl (C=O) groups excluding carboxylic acids is 1. The molecule has 1 fully saturated rings. The van der Waals surface area contributed by atoms with Crippen LogP contribution in [0, 0.1) is 0 Å². The molecule has 7 heteroatoms. The smallest absolute Gasteiger partial charge is 0.409 e. The van der Waals surface area contributed by atoms with Gasteiger partial charge in [-0.3, -0.25) is 0 Å². The Bertz CT molecular complexity index is 369. The number of carbonyl (C=O) groups is 1. The molecule has 0 bridgehead atoms. The second kappa shape index (κ2) is 6.94. The third-order valence-corrected chi connectivity index (χ3v) is 4.99. The third-order valence-electron chi connectivity index (χ3n) is 3.04. The average molecular weight is 278 g/mol. The summed E-state index contributed by atoms with van der Waals surface area (Å²) < 4.78 is 30.2. The van der Waals surface area contributed by atoms with Gasteiger partial charge in [-0.25, -0.2) is 17.5 Å². The van der Waals surface area contributed by atoms with Crippen molar-refractivity contribution in [2.45, 2.75) is 26.2 Å². The first-order valence-corrected chi connectivity index (χ1v) is 7.93. The average Bonchev–Trinajstić information content (AvgIpc) is 2.61. The molecule has 1 aliphatic rings. The maximum atomic E-state index is 12.0. The van der Waals surface area contributed by atoms with Gasteiger partial charge in [0.25, 0.3) is 0 Å². The number of amides is 1. The molecule has 1 saturated heterocycles. The molecule has 0 aromatic rings. The van der Waals surface area contributed by atoms with Crippen LogP contribution < -0.4 is 0 Å². The van der Waals surface area contributed by atoms with E-state index in [-0.39, 0.29) is 11.8 Å². The summed E-state index contributed by atoms with van der Waals surface area (Å²) in [7, 11) is -1.83. The molecule has 106 valence electrons. The van der Waals surface area contributed by atoms with E-state index in [9.17, 15) is 13.2 Å². The standard InChI is InChI=1S/C11H22N2O4S/c1-3-4-10-18(15,16)13-7-5-6-12(8-9-13)11(14)17-2/h3-10H2,1-2H3. The summed E-state index contributed by atoms with van der Waals surface area (Å²) in [4.78, 5) is 12.9. The summed E-state index contributed by atoms with van der Waals surface area (Å²) in [6.07, 6.45) is 1.81.